The van der Waals surface area contributed by atoms with Crippen molar-refractivity contribution in [3.8, 4) is 23.3 Å². The minimum absolute atomic E-state index is 0.0911. The van der Waals surface area contributed by atoms with Crippen molar-refractivity contribution in [1.29, 1.82) is 0 Å². The number of nitrogens with zero attached hydrogens (tertiary/aromatic N) is 4. The maximum atomic E-state index is 12.6. The lowest BCUT2D eigenvalue weighted by atomic mass is 10.2. The molecule has 0 atom stereocenters. The number of alkyl halides is 1. The summed E-state index contributed by atoms with van der Waals surface area (Å²) < 4.78 is 19.8. The van der Waals surface area contributed by atoms with Gasteiger partial charge >= 0.3 is 6.01 Å². The lowest BCUT2D eigenvalue weighted by Crippen LogP contribution is -2.16. The number of ether oxygens (including phenoxy) is 1. The monoisotopic (exact) mass is 369 g/mol. The van der Waals surface area contributed by atoms with E-state index in [0.717, 1.165) is 11.1 Å². The van der Waals surface area contributed by atoms with Crippen molar-refractivity contribution in [2.75, 3.05) is 19.0 Å². The molecule has 0 aliphatic carbocycles. The summed E-state index contributed by atoms with van der Waals surface area (Å²) in [4.78, 5) is 12.6. The molecule has 0 aliphatic heterocycles. The molecule has 134 valence electrons. The minimum atomic E-state index is -1.49. The highest BCUT2D eigenvalue weighted by Gasteiger charge is 2.16. The van der Waals surface area contributed by atoms with Gasteiger partial charge < -0.3 is 10.5 Å². The first-order chi connectivity index (χ1) is 12.4. The highest BCUT2D eigenvalue weighted by atomic mass is 28.3. The lowest BCUT2D eigenvalue weighted by molar-refractivity contribution is 0.252. The molecule has 2 N–H and O–H groups in total. The summed E-state index contributed by atoms with van der Waals surface area (Å²) in [5.41, 5.74) is 11.4. The number of anilines is 1. The van der Waals surface area contributed by atoms with Crippen LogP contribution in [0.2, 0.25) is 19.6 Å². The fourth-order valence-electron chi connectivity index (χ4n) is 2.33. The Balaban J connectivity index is 2.18. The SMILES string of the molecule is C[Si](C)(C)C#Cc1ccc2nc(OCCF)n(-c3ccnc(N)n3)c2c1. The van der Waals surface area contributed by atoms with Crippen LogP contribution in [0.1, 0.15) is 5.56 Å². The Morgan fingerprint density at radius 1 is 1.23 bits per heavy atom. The zero-order chi connectivity index (χ0) is 18.7. The van der Waals surface area contributed by atoms with Gasteiger partial charge in [0.25, 0.3) is 0 Å². The Morgan fingerprint density at radius 3 is 2.73 bits per heavy atom. The maximum Gasteiger partial charge on any atom is 0.303 e. The number of imidazole rings is 1. The van der Waals surface area contributed by atoms with Crippen molar-refractivity contribution >= 4 is 25.1 Å². The summed E-state index contributed by atoms with van der Waals surface area (Å²) in [7, 11) is -1.49. The number of hydrogen-bond donors (Lipinski definition) is 1. The number of nitrogen functional groups attached to an aromatic ring is 1. The highest BCUT2D eigenvalue weighted by molar-refractivity contribution is 6.83. The first-order valence-corrected chi connectivity index (χ1v) is 11.7. The molecule has 0 bridgehead atoms. The first-order valence-electron chi connectivity index (χ1n) is 8.21. The molecule has 0 saturated heterocycles. The van der Waals surface area contributed by atoms with Gasteiger partial charge in [-0.15, -0.1) is 5.54 Å². The van der Waals surface area contributed by atoms with Crippen LogP contribution in [0.25, 0.3) is 16.9 Å². The van der Waals surface area contributed by atoms with Crippen LogP contribution in [0, 0.1) is 11.5 Å². The molecular weight excluding hydrogens is 349 g/mol. The predicted molar refractivity (Wildman–Crippen MR) is 103 cm³/mol. The normalized spacial score (nSPS) is 11.2. The van der Waals surface area contributed by atoms with E-state index in [4.69, 9.17) is 10.5 Å². The Hall–Kier alpha value is -2.92. The minimum Gasteiger partial charge on any atom is -0.462 e. The quantitative estimate of drug-likeness (QED) is 0.565. The van der Waals surface area contributed by atoms with Gasteiger partial charge in [0.1, 0.15) is 27.2 Å². The van der Waals surface area contributed by atoms with E-state index < -0.39 is 14.7 Å². The molecule has 6 nitrogen and oxygen atoms in total. The number of nitrogens with two attached hydrogens (primary N) is 1. The second-order valence-electron chi connectivity index (χ2n) is 6.74. The van der Waals surface area contributed by atoms with Gasteiger partial charge in [-0.2, -0.15) is 9.97 Å². The van der Waals surface area contributed by atoms with Crippen LogP contribution in [0.3, 0.4) is 0 Å². The first kappa shape index (κ1) is 17.9. The molecule has 1 aromatic carbocycles. The average molecular weight is 369 g/mol. The van der Waals surface area contributed by atoms with E-state index in [1.54, 1.807) is 16.8 Å². The van der Waals surface area contributed by atoms with Crippen LogP contribution < -0.4 is 10.5 Å². The zero-order valence-corrected chi connectivity index (χ0v) is 16.0. The Kier molecular flexibility index (Phi) is 4.91. The zero-order valence-electron chi connectivity index (χ0n) is 15.0. The van der Waals surface area contributed by atoms with Gasteiger partial charge in [-0.3, -0.25) is 0 Å². The average Bonchev–Trinajstić information content (AvgIpc) is 2.95. The van der Waals surface area contributed by atoms with Crippen LogP contribution in [0.4, 0.5) is 10.3 Å². The summed E-state index contributed by atoms with van der Waals surface area (Å²) in [5, 5.41) is 0. The molecule has 2 aromatic heterocycles. The highest BCUT2D eigenvalue weighted by Crippen LogP contribution is 2.26. The fourth-order valence-corrected chi connectivity index (χ4v) is 2.85. The van der Waals surface area contributed by atoms with E-state index in [2.05, 4.69) is 46.1 Å². The van der Waals surface area contributed by atoms with Crippen LogP contribution >= 0.6 is 0 Å². The molecule has 0 aliphatic rings. The Bertz CT molecular complexity index is 1000. The van der Waals surface area contributed by atoms with Crippen molar-refractivity contribution < 1.29 is 9.13 Å². The molecule has 0 saturated carbocycles. The molecule has 26 heavy (non-hydrogen) atoms. The molecule has 0 radical (unpaired) electrons. The van der Waals surface area contributed by atoms with Gasteiger partial charge in [-0.05, 0) is 18.2 Å². The summed E-state index contributed by atoms with van der Waals surface area (Å²) >= 11 is 0. The Labute approximate surface area is 152 Å². The van der Waals surface area contributed by atoms with E-state index in [1.807, 2.05) is 18.2 Å². The lowest BCUT2D eigenvalue weighted by Gasteiger charge is -2.08. The third-order valence-corrected chi connectivity index (χ3v) is 4.28. The van der Waals surface area contributed by atoms with Crippen LogP contribution in [0.15, 0.2) is 30.5 Å². The summed E-state index contributed by atoms with van der Waals surface area (Å²) in [5.74, 6) is 3.87. The second-order valence-corrected chi connectivity index (χ2v) is 11.5. The number of rotatable bonds is 4. The van der Waals surface area contributed by atoms with E-state index in [-0.39, 0.29) is 18.6 Å². The predicted octanol–water partition coefficient (Wildman–Crippen LogP) is 2.97. The summed E-state index contributed by atoms with van der Waals surface area (Å²) in [6.45, 7) is 5.87. The second kappa shape index (κ2) is 7.13. The third kappa shape index (κ3) is 4.00. The summed E-state index contributed by atoms with van der Waals surface area (Å²) in [6, 6.07) is 7.66. The van der Waals surface area contributed by atoms with E-state index >= 15 is 0 Å². The molecule has 8 heteroatoms. The molecule has 3 rings (SSSR count). The molecule has 0 spiro atoms. The van der Waals surface area contributed by atoms with Gasteiger partial charge in [0.05, 0.1) is 11.0 Å². The van der Waals surface area contributed by atoms with Crippen molar-refractivity contribution in [3.05, 3.63) is 36.0 Å². The number of aromatic nitrogens is 4. The molecule has 3 aromatic rings. The standard InChI is InChI=1S/C18H20FN5OSi/c1-26(2,3)11-7-13-4-5-14-15(12-13)24(18(22-14)25-10-8-19)16-6-9-21-17(20)23-16/h4-6,9,12H,8,10H2,1-3H3,(H2,20,21,23). The number of benzene rings is 1. The Morgan fingerprint density at radius 2 is 2.04 bits per heavy atom. The molecular formula is C18H20FN5OSi. The third-order valence-electron chi connectivity index (χ3n) is 3.40. The van der Waals surface area contributed by atoms with Gasteiger partial charge in [0.2, 0.25) is 5.95 Å². The van der Waals surface area contributed by atoms with Crippen molar-refractivity contribution in [2.24, 2.45) is 0 Å². The number of halogens is 1. The smallest absolute Gasteiger partial charge is 0.303 e. The van der Waals surface area contributed by atoms with Crippen molar-refractivity contribution in [1.82, 2.24) is 19.5 Å². The van der Waals surface area contributed by atoms with Gasteiger partial charge in [-0.1, -0.05) is 25.6 Å². The van der Waals surface area contributed by atoms with Crippen molar-refractivity contribution in [3.63, 3.8) is 0 Å². The topological polar surface area (TPSA) is 78.8 Å². The number of hydrogen-bond acceptors (Lipinski definition) is 5. The fraction of sp³-hybridized carbons (Fsp3) is 0.278. The van der Waals surface area contributed by atoms with Crippen LogP contribution in [-0.4, -0.2) is 40.9 Å². The van der Waals surface area contributed by atoms with Crippen molar-refractivity contribution in [2.45, 2.75) is 19.6 Å². The molecule has 0 unspecified atom stereocenters. The number of fused-ring (bicyclic) bond motifs is 1. The summed E-state index contributed by atoms with van der Waals surface area (Å²) in [6.07, 6.45) is 1.55. The molecule has 0 fully saturated rings. The molecule has 0 amide bonds. The van der Waals surface area contributed by atoms with Gasteiger partial charge in [0, 0.05) is 17.8 Å². The van der Waals surface area contributed by atoms with Gasteiger partial charge in [-0.25, -0.2) is 13.9 Å². The van der Waals surface area contributed by atoms with Crippen LogP contribution in [0.5, 0.6) is 6.01 Å². The van der Waals surface area contributed by atoms with Gasteiger partial charge in [0.15, 0.2) is 0 Å². The molecule has 2 heterocycles. The van der Waals surface area contributed by atoms with Crippen LogP contribution in [-0.2, 0) is 0 Å². The maximum absolute atomic E-state index is 12.6. The largest absolute Gasteiger partial charge is 0.462 e. The van der Waals surface area contributed by atoms with E-state index in [1.165, 1.54) is 0 Å². The van der Waals surface area contributed by atoms with E-state index in [0.29, 0.717) is 11.3 Å². The van der Waals surface area contributed by atoms with E-state index in [9.17, 15) is 4.39 Å².